The minimum absolute atomic E-state index is 0.410. The lowest BCUT2D eigenvalue weighted by molar-refractivity contribution is -0.139. The molecule has 0 aromatic carbocycles. The summed E-state index contributed by atoms with van der Waals surface area (Å²) in [5.41, 5.74) is 0.796. The lowest BCUT2D eigenvalue weighted by Gasteiger charge is -2.24. The molecule has 1 aromatic rings. The van der Waals surface area contributed by atoms with Crippen LogP contribution in [0.4, 0.5) is 5.13 Å². The topological polar surface area (TPSA) is 65.5 Å². The number of hydrogen-bond acceptors (Lipinski definition) is 5. The number of nitrogens with one attached hydrogen (secondary N) is 1. The van der Waals surface area contributed by atoms with Crippen molar-refractivity contribution in [2.24, 2.45) is 0 Å². The summed E-state index contributed by atoms with van der Waals surface area (Å²) in [5.74, 6) is -1.15. The van der Waals surface area contributed by atoms with Gasteiger partial charge in [-0.15, -0.1) is 11.3 Å². The lowest BCUT2D eigenvalue weighted by Crippen LogP contribution is -2.36. The number of carbonyl (C=O) groups is 1. The van der Waals surface area contributed by atoms with Crippen molar-refractivity contribution in [3.63, 3.8) is 0 Å². The van der Waals surface area contributed by atoms with Crippen LogP contribution >= 0.6 is 11.3 Å². The van der Waals surface area contributed by atoms with Gasteiger partial charge in [0.05, 0.1) is 5.69 Å². The van der Waals surface area contributed by atoms with Crippen LogP contribution in [0.15, 0.2) is 0 Å². The predicted molar refractivity (Wildman–Crippen MR) is 84.2 cm³/mol. The first-order chi connectivity index (χ1) is 10.1. The van der Waals surface area contributed by atoms with Crippen LogP contribution in [-0.4, -0.2) is 46.6 Å². The smallest absolute Gasteiger partial charge is 0.312 e. The molecular weight excluding hydrogens is 286 g/mol. The molecule has 0 amide bonds. The highest BCUT2D eigenvalue weighted by Gasteiger charge is 2.31. The Morgan fingerprint density at radius 3 is 2.95 bits per heavy atom. The second kappa shape index (κ2) is 5.93. The average molecular weight is 309 g/mol. The molecule has 5 nitrogen and oxygen atoms in total. The Balaban J connectivity index is 1.63. The van der Waals surface area contributed by atoms with Crippen LogP contribution in [-0.2, 0) is 11.2 Å². The van der Waals surface area contributed by atoms with E-state index in [1.807, 2.05) is 0 Å². The second-order valence-electron chi connectivity index (χ2n) is 6.24. The zero-order valence-electron chi connectivity index (χ0n) is 12.6. The summed E-state index contributed by atoms with van der Waals surface area (Å²) in [7, 11) is 2.18. The van der Waals surface area contributed by atoms with E-state index in [0.717, 1.165) is 41.1 Å². The fourth-order valence-corrected chi connectivity index (χ4v) is 4.03. The molecule has 1 fully saturated rings. The van der Waals surface area contributed by atoms with Gasteiger partial charge in [-0.05, 0) is 46.1 Å². The zero-order chi connectivity index (χ0) is 15.0. The first-order valence-electron chi connectivity index (χ1n) is 7.74. The third-order valence-corrected chi connectivity index (χ3v) is 5.71. The van der Waals surface area contributed by atoms with Crippen molar-refractivity contribution in [3.8, 4) is 0 Å². The van der Waals surface area contributed by atoms with E-state index in [0.29, 0.717) is 12.5 Å². The number of carboxylic acids is 1. The zero-order valence-corrected chi connectivity index (χ0v) is 13.4. The van der Waals surface area contributed by atoms with Crippen molar-refractivity contribution in [3.05, 3.63) is 10.6 Å². The fraction of sp³-hybridized carbons (Fsp3) is 0.733. The van der Waals surface area contributed by atoms with E-state index >= 15 is 0 Å². The SMILES string of the molecule is CC(CNc1nc2c(s1)CCCC2C(=O)O)N(C)C1CC1. The summed E-state index contributed by atoms with van der Waals surface area (Å²) in [6.45, 7) is 3.08. The molecule has 6 heteroatoms. The van der Waals surface area contributed by atoms with E-state index in [2.05, 4.69) is 29.2 Å². The lowest BCUT2D eigenvalue weighted by atomic mass is 9.91. The number of fused-ring (bicyclic) bond motifs is 1. The van der Waals surface area contributed by atoms with Crippen LogP contribution < -0.4 is 5.32 Å². The maximum Gasteiger partial charge on any atom is 0.312 e. The predicted octanol–water partition coefficient (Wildman–Crippen LogP) is 2.54. The number of likely N-dealkylation sites (N-methyl/N-ethyl adjacent to an activating group) is 1. The number of hydrogen-bond donors (Lipinski definition) is 2. The number of aryl methyl sites for hydroxylation is 1. The maximum atomic E-state index is 11.3. The Kier molecular flexibility index (Phi) is 4.17. The van der Waals surface area contributed by atoms with Gasteiger partial charge >= 0.3 is 5.97 Å². The number of aliphatic carboxylic acids is 1. The standard InChI is InChI=1S/C15H23N3O2S/c1-9(18(2)10-6-7-10)8-16-15-17-13-11(14(19)20)4-3-5-12(13)21-15/h9-11H,3-8H2,1-2H3,(H,16,17)(H,19,20). The molecule has 0 saturated heterocycles. The van der Waals surface area contributed by atoms with Gasteiger partial charge in [0, 0.05) is 23.5 Å². The first-order valence-corrected chi connectivity index (χ1v) is 8.56. The van der Waals surface area contributed by atoms with Crippen LogP contribution in [0.1, 0.15) is 49.1 Å². The molecule has 2 aliphatic carbocycles. The molecule has 0 radical (unpaired) electrons. The van der Waals surface area contributed by atoms with Crippen molar-refractivity contribution >= 4 is 22.4 Å². The Labute approximate surface area is 129 Å². The van der Waals surface area contributed by atoms with Gasteiger partial charge in [-0.1, -0.05) is 0 Å². The largest absolute Gasteiger partial charge is 0.481 e. The summed E-state index contributed by atoms with van der Waals surface area (Å²) in [6.07, 6.45) is 5.26. The monoisotopic (exact) mass is 309 g/mol. The number of anilines is 1. The third kappa shape index (κ3) is 3.21. The van der Waals surface area contributed by atoms with Gasteiger partial charge in [0.1, 0.15) is 5.92 Å². The molecular formula is C15H23N3O2S. The quantitative estimate of drug-likeness (QED) is 0.845. The summed E-state index contributed by atoms with van der Waals surface area (Å²) >= 11 is 1.63. The van der Waals surface area contributed by atoms with E-state index < -0.39 is 11.9 Å². The Bertz CT molecular complexity index is 527. The van der Waals surface area contributed by atoms with Gasteiger partial charge < -0.3 is 10.4 Å². The van der Waals surface area contributed by atoms with Gasteiger partial charge in [-0.25, -0.2) is 4.98 Å². The minimum Gasteiger partial charge on any atom is -0.481 e. The van der Waals surface area contributed by atoms with Crippen LogP contribution in [0, 0.1) is 0 Å². The third-order valence-electron chi connectivity index (χ3n) is 4.62. The van der Waals surface area contributed by atoms with Gasteiger partial charge in [-0.2, -0.15) is 0 Å². The molecule has 2 N–H and O–H groups in total. The minimum atomic E-state index is -0.741. The molecule has 116 valence electrons. The maximum absolute atomic E-state index is 11.3. The molecule has 21 heavy (non-hydrogen) atoms. The van der Waals surface area contributed by atoms with E-state index in [-0.39, 0.29) is 0 Å². The van der Waals surface area contributed by atoms with E-state index in [4.69, 9.17) is 0 Å². The molecule has 1 saturated carbocycles. The average Bonchev–Trinajstić information content (AvgIpc) is 3.22. The highest BCUT2D eigenvalue weighted by atomic mass is 32.1. The summed E-state index contributed by atoms with van der Waals surface area (Å²) in [4.78, 5) is 19.4. The van der Waals surface area contributed by atoms with Crippen molar-refractivity contribution in [1.29, 1.82) is 0 Å². The molecule has 3 rings (SSSR count). The highest BCUT2D eigenvalue weighted by Crippen LogP contribution is 2.36. The fourth-order valence-electron chi connectivity index (χ4n) is 2.96. The van der Waals surface area contributed by atoms with Crippen LogP contribution in [0.2, 0.25) is 0 Å². The molecule has 2 aliphatic rings. The van der Waals surface area contributed by atoms with E-state index in [1.54, 1.807) is 11.3 Å². The van der Waals surface area contributed by atoms with Crippen molar-refractivity contribution in [1.82, 2.24) is 9.88 Å². The summed E-state index contributed by atoms with van der Waals surface area (Å²) < 4.78 is 0. The molecule has 0 spiro atoms. The normalized spacial score (nSPS) is 22.9. The van der Waals surface area contributed by atoms with Crippen molar-refractivity contribution in [2.45, 2.75) is 57.0 Å². The van der Waals surface area contributed by atoms with Gasteiger partial charge in [0.15, 0.2) is 5.13 Å². The van der Waals surface area contributed by atoms with E-state index in [9.17, 15) is 9.90 Å². The number of rotatable bonds is 6. The van der Waals surface area contributed by atoms with E-state index in [1.165, 1.54) is 12.8 Å². The van der Waals surface area contributed by atoms with Gasteiger partial charge in [-0.3, -0.25) is 9.69 Å². The highest BCUT2D eigenvalue weighted by molar-refractivity contribution is 7.15. The second-order valence-corrected chi connectivity index (χ2v) is 7.32. The van der Waals surface area contributed by atoms with Crippen LogP contribution in [0.25, 0.3) is 0 Å². The Hall–Kier alpha value is -1.14. The number of aromatic nitrogens is 1. The number of thiazole rings is 1. The van der Waals surface area contributed by atoms with Crippen molar-refractivity contribution in [2.75, 3.05) is 18.9 Å². The van der Waals surface area contributed by atoms with Gasteiger partial charge in [0.25, 0.3) is 0 Å². The molecule has 1 aromatic heterocycles. The molecule has 0 bridgehead atoms. The van der Waals surface area contributed by atoms with Crippen LogP contribution in [0.3, 0.4) is 0 Å². The molecule has 1 heterocycles. The summed E-state index contributed by atoms with van der Waals surface area (Å²) in [5, 5.41) is 13.6. The summed E-state index contributed by atoms with van der Waals surface area (Å²) in [6, 6.07) is 1.22. The molecule has 2 unspecified atom stereocenters. The number of nitrogens with zero attached hydrogens (tertiary/aromatic N) is 2. The van der Waals surface area contributed by atoms with Gasteiger partial charge in [0.2, 0.25) is 0 Å². The Morgan fingerprint density at radius 1 is 1.52 bits per heavy atom. The molecule has 0 aliphatic heterocycles. The number of carboxylic acid groups (broad SMARTS) is 1. The van der Waals surface area contributed by atoms with Crippen molar-refractivity contribution < 1.29 is 9.90 Å². The first kappa shape index (κ1) is 14.8. The Morgan fingerprint density at radius 2 is 2.29 bits per heavy atom. The molecule has 2 atom stereocenters. The van der Waals surface area contributed by atoms with Crippen LogP contribution in [0.5, 0.6) is 0 Å².